The second-order valence-corrected chi connectivity index (χ2v) is 5.57. The predicted molar refractivity (Wildman–Crippen MR) is 83.1 cm³/mol. The molecule has 2 aromatic carbocycles. The Morgan fingerprint density at radius 2 is 1.89 bits per heavy atom. The monoisotopic (exact) mass is 320 g/mol. The van der Waals surface area contributed by atoms with Crippen molar-refractivity contribution in [3.05, 3.63) is 58.6 Å². The second-order valence-electron chi connectivity index (χ2n) is 4.72. The lowest BCUT2D eigenvalue weighted by Gasteiger charge is -2.31. The Kier molecular flexibility index (Phi) is 4.12. The average Bonchev–Trinajstić information content (AvgIpc) is 2.43. The summed E-state index contributed by atoms with van der Waals surface area (Å²) in [7, 11) is 0. The zero-order chi connectivity index (χ0) is 13.9. The molecule has 0 aliphatic heterocycles. The lowest BCUT2D eigenvalue weighted by atomic mass is 9.92. The molecule has 0 bridgehead atoms. The number of halogens is 1. The maximum absolute atomic E-state index is 9.74. The van der Waals surface area contributed by atoms with Crippen LogP contribution in [0.2, 0.25) is 0 Å². The number of rotatable bonds is 4. The van der Waals surface area contributed by atoms with Crippen molar-refractivity contribution in [1.82, 2.24) is 0 Å². The normalized spacial score (nSPS) is 13.8. The standard InChI is InChI=1S/C15H17BrN2O/c1-15(10-19,11-5-3-2-4-6-11)18-14-8-7-12(17)9-13(14)16/h2-9,18-19H,10,17H2,1H3. The molecular formula is C15H17BrN2O. The first-order chi connectivity index (χ1) is 9.05. The SMILES string of the molecule is CC(CO)(Nc1ccc(N)cc1Br)c1ccccc1. The first-order valence-electron chi connectivity index (χ1n) is 6.05. The molecule has 4 N–H and O–H groups in total. The van der Waals surface area contributed by atoms with Gasteiger partial charge in [-0.3, -0.25) is 0 Å². The van der Waals surface area contributed by atoms with E-state index in [2.05, 4.69) is 21.2 Å². The topological polar surface area (TPSA) is 58.3 Å². The molecule has 0 saturated carbocycles. The third-order valence-corrected chi connectivity index (χ3v) is 3.79. The maximum atomic E-state index is 9.74. The molecule has 0 aliphatic carbocycles. The lowest BCUT2D eigenvalue weighted by Crippen LogP contribution is -2.35. The quantitative estimate of drug-likeness (QED) is 0.757. The number of aliphatic hydroxyl groups is 1. The number of anilines is 2. The number of benzene rings is 2. The number of hydrogen-bond donors (Lipinski definition) is 3. The van der Waals surface area contributed by atoms with Crippen LogP contribution in [0.4, 0.5) is 11.4 Å². The van der Waals surface area contributed by atoms with Gasteiger partial charge in [-0.1, -0.05) is 30.3 Å². The molecule has 0 amide bonds. The van der Waals surface area contributed by atoms with Crippen LogP contribution >= 0.6 is 15.9 Å². The van der Waals surface area contributed by atoms with Crippen molar-refractivity contribution in [2.75, 3.05) is 17.7 Å². The number of aliphatic hydroxyl groups excluding tert-OH is 1. The highest BCUT2D eigenvalue weighted by molar-refractivity contribution is 9.10. The van der Waals surface area contributed by atoms with Crippen LogP contribution in [-0.4, -0.2) is 11.7 Å². The van der Waals surface area contributed by atoms with E-state index in [1.54, 1.807) is 0 Å². The van der Waals surface area contributed by atoms with Crippen molar-refractivity contribution in [3.63, 3.8) is 0 Å². The van der Waals surface area contributed by atoms with Crippen molar-refractivity contribution in [1.29, 1.82) is 0 Å². The summed E-state index contributed by atoms with van der Waals surface area (Å²) in [4.78, 5) is 0. The molecule has 100 valence electrons. The minimum absolute atomic E-state index is 0.00612. The molecule has 2 aromatic rings. The molecule has 0 saturated heterocycles. The van der Waals surface area contributed by atoms with Gasteiger partial charge in [-0.25, -0.2) is 0 Å². The number of nitrogens with one attached hydrogen (secondary N) is 1. The van der Waals surface area contributed by atoms with Gasteiger partial charge < -0.3 is 16.2 Å². The van der Waals surface area contributed by atoms with Gasteiger partial charge in [-0.15, -0.1) is 0 Å². The molecule has 4 heteroatoms. The van der Waals surface area contributed by atoms with E-state index in [1.165, 1.54) is 0 Å². The van der Waals surface area contributed by atoms with Crippen molar-refractivity contribution >= 4 is 27.3 Å². The van der Waals surface area contributed by atoms with Gasteiger partial charge in [0.05, 0.1) is 12.1 Å². The van der Waals surface area contributed by atoms with Gasteiger partial charge in [0.25, 0.3) is 0 Å². The summed E-state index contributed by atoms with van der Waals surface area (Å²) >= 11 is 3.48. The average molecular weight is 321 g/mol. The molecule has 19 heavy (non-hydrogen) atoms. The number of nitrogens with two attached hydrogens (primary N) is 1. The van der Waals surface area contributed by atoms with Gasteiger partial charge >= 0.3 is 0 Å². The molecular weight excluding hydrogens is 304 g/mol. The molecule has 0 aromatic heterocycles. The molecule has 3 nitrogen and oxygen atoms in total. The molecule has 0 heterocycles. The van der Waals surface area contributed by atoms with Crippen LogP contribution < -0.4 is 11.1 Å². The van der Waals surface area contributed by atoms with Gasteiger partial charge in [0.15, 0.2) is 0 Å². The minimum atomic E-state index is -0.542. The van der Waals surface area contributed by atoms with Gasteiger partial charge in [0.2, 0.25) is 0 Å². The molecule has 1 atom stereocenters. The summed E-state index contributed by atoms with van der Waals surface area (Å²) in [5.74, 6) is 0. The van der Waals surface area contributed by atoms with Crippen molar-refractivity contribution < 1.29 is 5.11 Å². The smallest absolute Gasteiger partial charge is 0.0828 e. The van der Waals surface area contributed by atoms with E-state index < -0.39 is 5.54 Å². The summed E-state index contributed by atoms with van der Waals surface area (Å²) < 4.78 is 0.878. The van der Waals surface area contributed by atoms with Gasteiger partial charge in [-0.2, -0.15) is 0 Å². The summed E-state index contributed by atoms with van der Waals surface area (Å²) in [6.07, 6.45) is 0. The summed E-state index contributed by atoms with van der Waals surface area (Å²) in [5, 5.41) is 13.1. The maximum Gasteiger partial charge on any atom is 0.0828 e. The van der Waals surface area contributed by atoms with Crippen LogP contribution in [-0.2, 0) is 5.54 Å². The van der Waals surface area contributed by atoms with Gasteiger partial charge in [-0.05, 0) is 46.6 Å². The van der Waals surface area contributed by atoms with Crippen LogP contribution in [0.3, 0.4) is 0 Å². The largest absolute Gasteiger partial charge is 0.399 e. The van der Waals surface area contributed by atoms with E-state index in [4.69, 9.17) is 5.73 Å². The molecule has 0 spiro atoms. The predicted octanol–water partition coefficient (Wildman–Crippen LogP) is 3.35. The van der Waals surface area contributed by atoms with Crippen LogP contribution in [0, 0.1) is 0 Å². The number of hydrogen-bond acceptors (Lipinski definition) is 3. The Morgan fingerprint density at radius 1 is 1.21 bits per heavy atom. The van der Waals surface area contributed by atoms with E-state index in [1.807, 2.05) is 55.5 Å². The van der Waals surface area contributed by atoms with E-state index in [-0.39, 0.29) is 6.61 Å². The summed E-state index contributed by atoms with van der Waals surface area (Å²) in [6.45, 7) is 1.96. The third-order valence-electron chi connectivity index (χ3n) is 3.13. The van der Waals surface area contributed by atoms with Crippen LogP contribution in [0.15, 0.2) is 53.0 Å². The first kappa shape index (κ1) is 13.9. The van der Waals surface area contributed by atoms with Crippen molar-refractivity contribution in [3.8, 4) is 0 Å². The van der Waals surface area contributed by atoms with E-state index >= 15 is 0 Å². The molecule has 2 rings (SSSR count). The van der Waals surface area contributed by atoms with Crippen LogP contribution in [0.1, 0.15) is 12.5 Å². The lowest BCUT2D eigenvalue weighted by molar-refractivity contribution is 0.224. The number of nitrogen functional groups attached to an aromatic ring is 1. The van der Waals surface area contributed by atoms with Crippen molar-refractivity contribution in [2.24, 2.45) is 0 Å². The van der Waals surface area contributed by atoms with Crippen molar-refractivity contribution in [2.45, 2.75) is 12.5 Å². The van der Waals surface area contributed by atoms with Crippen LogP contribution in [0.25, 0.3) is 0 Å². The highest BCUT2D eigenvalue weighted by Crippen LogP contribution is 2.31. The van der Waals surface area contributed by atoms with E-state index in [0.717, 1.165) is 15.7 Å². The Labute approximate surface area is 121 Å². The molecule has 0 aliphatic rings. The highest BCUT2D eigenvalue weighted by atomic mass is 79.9. The Bertz CT molecular complexity index is 559. The minimum Gasteiger partial charge on any atom is -0.399 e. The zero-order valence-electron chi connectivity index (χ0n) is 10.7. The molecule has 0 fully saturated rings. The fourth-order valence-corrected chi connectivity index (χ4v) is 2.43. The van der Waals surface area contributed by atoms with E-state index in [9.17, 15) is 5.11 Å². The highest BCUT2D eigenvalue weighted by Gasteiger charge is 2.25. The Balaban J connectivity index is 2.33. The first-order valence-corrected chi connectivity index (χ1v) is 6.84. The second kappa shape index (κ2) is 5.63. The summed E-state index contributed by atoms with van der Waals surface area (Å²) in [6, 6.07) is 15.4. The summed E-state index contributed by atoms with van der Waals surface area (Å²) in [5.41, 5.74) is 7.81. The molecule has 1 unspecified atom stereocenters. The van der Waals surface area contributed by atoms with E-state index in [0.29, 0.717) is 5.69 Å². The van der Waals surface area contributed by atoms with Gasteiger partial charge in [0.1, 0.15) is 0 Å². The fourth-order valence-electron chi connectivity index (χ4n) is 1.94. The third kappa shape index (κ3) is 3.08. The zero-order valence-corrected chi connectivity index (χ0v) is 12.3. The fraction of sp³-hybridized carbons (Fsp3) is 0.200. The molecule has 0 radical (unpaired) electrons. The van der Waals surface area contributed by atoms with Gasteiger partial charge in [0, 0.05) is 15.8 Å². The Morgan fingerprint density at radius 3 is 2.47 bits per heavy atom. The Hall–Kier alpha value is -1.52. The van der Waals surface area contributed by atoms with Crippen LogP contribution in [0.5, 0.6) is 0 Å².